The van der Waals surface area contributed by atoms with E-state index in [1.165, 1.54) is 0 Å². The summed E-state index contributed by atoms with van der Waals surface area (Å²) >= 11 is 0. The predicted molar refractivity (Wildman–Crippen MR) is 75.5 cm³/mol. The molecular formula is C14H16N6O. The number of hydrogen-bond donors (Lipinski definition) is 1. The summed E-state index contributed by atoms with van der Waals surface area (Å²) in [5.41, 5.74) is 0.507. The fraction of sp³-hybridized carbons (Fsp3) is 0.429. The van der Waals surface area contributed by atoms with Crippen LogP contribution in [0.2, 0.25) is 0 Å². The van der Waals surface area contributed by atoms with Crippen LogP contribution in [0.5, 0.6) is 0 Å². The molecule has 7 heteroatoms. The number of pyridine rings is 1. The van der Waals surface area contributed by atoms with E-state index < -0.39 is 5.60 Å². The minimum absolute atomic E-state index is 0.386. The van der Waals surface area contributed by atoms with Crippen molar-refractivity contribution >= 4 is 5.82 Å². The Kier molecular flexibility index (Phi) is 3.31. The number of nitriles is 1. The topological polar surface area (TPSA) is 90.9 Å². The molecule has 0 saturated carbocycles. The maximum atomic E-state index is 10.7. The van der Waals surface area contributed by atoms with Gasteiger partial charge in [-0.05, 0) is 25.5 Å². The van der Waals surface area contributed by atoms with Crippen molar-refractivity contribution in [3.63, 3.8) is 0 Å². The fourth-order valence-corrected chi connectivity index (χ4v) is 2.66. The molecule has 0 radical (unpaired) electrons. The van der Waals surface area contributed by atoms with E-state index in [-0.39, 0.29) is 0 Å². The molecule has 1 fully saturated rings. The van der Waals surface area contributed by atoms with Gasteiger partial charge in [0.25, 0.3) is 0 Å². The van der Waals surface area contributed by atoms with Gasteiger partial charge in [0.2, 0.25) is 0 Å². The van der Waals surface area contributed by atoms with Crippen LogP contribution in [0.4, 0.5) is 5.82 Å². The van der Waals surface area contributed by atoms with Crippen molar-refractivity contribution in [1.82, 2.24) is 20.0 Å². The maximum absolute atomic E-state index is 10.7. The highest BCUT2D eigenvalue weighted by molar-refractivity contribution is 5.55. The van der Waals surface area contributed by atoms with E-state index in [0.29, 0.717) is 37.4 Å². The molecule has 1 unspecified atom stereocenters. The molecule has 2 aromatic heterocycles. The first-order chi connectivity index (χ1) is 10.1. The highest BCUT2D eigenvalue weighted by Gasteiger charge is 2.38. The third-order valence-corrected chi connectivity index (χ3v) is 3.69. The monoisotopic (exact) mass is 284 g/mol. The SMILES string of the molecule is Cc1ccc(C#N)c(N2CCC(O)(Cn3ccnn3)C2)n1. The standard InChI is InChI=1S/C14H16N6O/c1-11-2-3-12(8-15)13(17-11)19-6-4-14(21,9-19)10-20-7-5-16-18-20/h2-3,5,7,21H,4,6,9-10H2,1H3. The van der Waals surface area contributed by atoms with Gasteiger partial charge in [0.15, 0.2) is 0 Å². The Morgan fingerprint density at radius 1 is 1.48 bits per heavy atom. The minimum atomic E-state index is -0.883. The normalized spacial score (nSPS) is 21.5. The molecule has 1 aliphatic heterocycles. The molecule has 1 N–H and O–H groups in total. The van der Waals surface area contributed by atoms with Gasteiger partial charge in [-0.2, -0.15) is 5.26 Å². The van der Waals surface area contributed by atoms with Crippen molar-refractivity contribution in [2.24, 2.45) is 0 Å². The van der Waals surface area contributed by atoms with E-state index in [1.807, 2.05) is 17.9 Å². The molecule has 0 spiro atoms. The van der Waals surface area contributed by atoms with E-state index in [1.54, 1.807) is 23.1 Å². The summed E-state index contributed by atoms with van der Waals surface area (Å²) in [4.78, 5) is 6.41. The molecule has 108 valence electrons. The lowest BCUT2D eigenvalue weighted by Crippen LogP contribution is -2.38. The van der Waals surface area contributed by atoms with E-state index in [4.69, 9.17) is 0 Å². The van der Waals surface area contributed by atoms with Crippen LogP contribution in [0.1, 0.15) is 17.7 Å². The third-order valence-electron chi connectivity index (χ3n) is 3.69. The summed E-state index contributed by atoms with van der Waals surface area (Å²) in [6, 6.07) is 5.75. The molecule has 0 bridgehead atoms. The average Bonchev–Trinajstić information content (AvgIpc) is 3.09. The Labute approximate surface area is 122 Å². The smallest absolute Gasteiger partial charge is 0.146 e. The summed E-state index contributed by atoms with van der Waals surface area (Å²) in [7, 11) is 0. The van der Waals surface area contributed by atoms with Gasteiger partial charge >= 0.3 is 0 Å². The summed E-state index contributed by atoms with van der Waals surface area (Å²) in [6.45, 7) is 3.37. The van der Waals surface area contributed by atoms with Crippen LogP contribution < -0.4 is 4.90 Å². The van der Waals surface area contributed by atoms with Crippen molar-refractivity contribution in [2.45, 2.75) is 25.5 Å². The summed E-state index contributed by atoms with van der Waals surface area (Å²) in [6.07, 6.45) is 3.92. The average molecular weight is 284 g/mol. The number of nitrogens with zero attached hydrogens (tertiary/aromatic N) is 6. The second-order valence-electron chi connectivity index (χ2n) is 5.43. The van der Waals surface area contributed by atoms with E-state index in [9.17, 15) is 10.4 Å². The highest BCUT2D eigenvalue weighted by atomic mass is 16.3. The second kappa shape index (κ2) is 5.14. The Bertz CT molecular complexity index is 677. The lowest BCUT2D eigenvalue weighted by atomic mass is 10.0. The van der Waals surface area contributed by atoms with E-state index in [0.717, 1.165) is 5.69 Å². The zero-order chi connectivity index (χ0) is 14.9. The molecule has 0 amide bonds. The number of aromatic nitrogens is 4. The number of aryl methyl sites for hydroxylation is 1. The Morgan fingerprint density at radius 2 is 2.33 bits per heavy atom. The van der Waals surface area contributed by atoms with Crippen LogP contribution in [0.25, 0.3) is 0 Å². The Balaban J connectivity index is 1.81. The van der Waals surface area contributed by atoms with Gasteiger partial charge in [0.05, 0.1) is 24.8 Å². The quantitative estimate of drug-likeness (QED) is 0.882. The molecule has 3 heterocycles. The number of anilines is 1. The lowest BCUT2D eigenvalue weighted by molar-refractivity contribution is 0.0408. The second-order valence-corrected chi connectivity index (χ2v) is 5.43. The number of β-amino-alcohol motifs (C(OH)–C–C–N with tert-alkyl or cyclic N) is 1. The van der Waals surface area contributed by atoms with Crippen molar-refractivity contribution in [3.05, 3.63) is 35.8 Å². The summed E-state index contributed by atoms with van der Waals surface area (Å²) in [5, 5.41) is 27.5. The van der Waals surface area contributed by atoms with Gasteiger partial charge in [-0.1, -0.05) is 5.21 Å². The molecular weight excluding hydrogens is 268 g/mol. The minimum Gasteiger partial charge on any atom is -0.386 e. The van der Waals surface area contributed by atoms with Gasteiger partial charge in [-0.25, -0.2) is 9.67 Å². The predicted octanol–water partition coefficient (Wildman–Crippen LogP) is 0.495. The van der Waals surface area contributed by atoms with Crippen LogP contribution in [0.15, 0.2) is 24.5 Å². The first kappa shape index (κ1) is 13.5. The summed E-state index contributed by atoms with van der Waals surface area (Å²) in [5.74, 6) is 0.645. The van der Waals surface area contributed by atoms with Gasteiger partial charge < -0.3 is 10.0 Å². The lowest BCUT2D eigenvalue weighted by Gasteiger charge is -2.24. The maximum Gasteiger partial charge on any atom is 0.146 e. The molecule has 0 aliphatic carbocycles. The summed E-state index contributed by atoms with van der Waals surface area (Å²) < 4.78 is 1.62. The van der Waals surface area contributed by atoms with Crippen molar-refractivity contribution in [2.75, 3.05) is 18.0 Å². The number of rotatable bonds is 3. The molecule has 1 saturated heterocycles. The van der Waals surface area contributed by atoms with E-state index >= 15 is 0 Å². The van der Waals surface area contributed by atoms with Crippen molar-refractivity contribution in [3.8, 4) is 6.07 Å². The van der Waals surface area contributed by atoms with Crippen LogP contribution in [0, 0.1) is 18.3 Å². The van der Waals surface area contributed by atoms with Gasteiger partial charge in [-0.15, -0.1) is 5.10 Å². The Morgan fingerprint density at radius 3 is 3.05 bits per heavy atom. The largest absolute Gasteiger partial charge is 0.386 e. The number of aliphatic hydroxyl groups is 1. The molecule has 1 atom stereocenters. The Hall–Kier alpha value is -2.46. The van der Waals surface area contributed by atoms with Crippen LogP contribution in [-0.4, -0.2) is 43.8 Å². The molecule has 2 aromatic rings. The van der Waals surface area contributed by atoms with Crippen LogP contribution in [-0.2, 0) is 6.54 Å². The van der Waals surface area contributed by atoms with Crippen LogP contribution in [0.3, 0.4) is 0 Å². The zero-order valence-electron chi connectivity index (χ0n) is 11.8. The first-order valence-corrected chi connectivity index (χ1v) is 6.79. The molecule has 7 nitrogen and oxygen atoms in total. The first-order valence-electron chi connectivity index (χ1n) is 6.79. The van der Waals surface area contributed by atoms with Crippen molar-refractivity contribution < 1.29 is 5.11 Å². The van der Waals surface area contributed by atoms with Crippen LogP contribution >= 0.6 is 0 Å². The molecule has 1 aliphatic rings. The number of hydrogen-bond acceptors (Lipinski definition) is 6. The zero-order valence-corrected chi connectivity index (χ0v) is 11.8. The molecule has 0 aromatic carbocycles. The molecule has 21 heavy (non-hydrogen) atoms. The molecule has 3 rings (SSSR count). The third kappa shape index (κ3) is 2.71. The fourth-order valence-electron chi connectivity index (χ4n) is 2.66. The highest BCUT2D eigenvalue weighted by Crippen LogP contribution is 2.29. The van der Waals surface area contributed by atoms with Gasteiger partial charge in [0.1, 0.15) is 17.5 Å². The van der Waals surface area contributed by atoms with E-state index in [2.05, 4.69) is 21.4 Å². The van der Waals surface area contributed by atoms with Gasteiger partial charge in [-0.3, -0.25) is 0 Å². The van der Waals surface area contributed by atoms with Crippen molar-refractivity contribution in [1.29, 1.82) is 5.26 Å². The van der Waals surface area contributed by atoms with Gasteiger partial charge in [0, 0.05) is 18.4 Å².